The third kappa shape index (κ3) is 1.15. The van der Waals surface area contributed by atoms with E-state index in [-0.39, 0.29) is 12.8 Å². The highest BCUT2D eigenvalue weighted by Gasteiger charge is 2.44. The predicted molar refractivity (Wildman–Crippen MR) is 44.4 cm³/mol. The Morgan fingerprint density at radius 3 is 2.50 bits per heavy atom. The molecule has 4 nitrogen and oxygen atoms in total. The van der Waals surface area contributed by atoms with Crippen molar-refractivity contribution >= 4 is 0 Å². The Hall–Kier alpha value is -0.160. The fourth-order valence-electron chi connectivity index (χ4n) is 2.36. The van der Waals surface area contributed by atoms with Crippen LogP contribution in [0.4, 0.5) is 0 Å². The van der Waals surface area contributed by atoms with E-state index in [9.17, 15) is 5.11 Å². The second-order valence-corrected chi connectivity index (χ2v) is 3.89. The van der Waals surface area contributed by atoms with Gasteiger partial charge in [0.25, 0.3) is 0 Å². The number of piperazine rings is 3. The van der Waals surface area contributed by atoms with Crippen molar-refractivity contribution in [3.05, 3.63) is 0 Å². The van der Waals surface area contributed by atoms with Crippen LogP contribution in [-0.4, -0.2) is 71.7 Å². The molecule has 3 aliphatic heterocycles. The minimum atomic E-state index is -0.264. The first-order valence-electron chi connectivity index (χ1n) is 4.64. The largest absolute Gasteiger partial charge is 0.391 e. The molecule has 0 spiro atoms. The van der Waals surface area contributed by atoms with Crippen LogP contribution in [0, 0.1) is 0 Å². The Morgan fingerprint density at radius 2 is 2.00 bits per heavy atom. The predicted octanol–water partition coefficient (Wildman–Crippen LogP) is -1.56. The summed E-state index contributed by atoms with van der Waals surface area (Å²) in [5, 5.41) is 18.7. The maximum absolute atomic E-state index is 9.80. The van der Waals surface area contributed by atoms with Gasteiger partial charge in [-0.3, -0.25) is 9.38 Å². The van der Waals surface area contributed by atoms with E-state index in [0.29, 0.717) is 0 Å². The summed E-state index contributed by atoms with van der Waals surface area (Å²) in [5.41, 5.74) is 0. The normalized spacial score (nSPS) is 46.5. The van der Waals surface area contributed by atoms with E-state index in [1.165, 1.54) is 0 Å². The highest BCUT2D eigenvalue weighted by molar-refractivity contribution is 4.73. The van der Waals surface area contributed by atoms with Crippen LogP contribution in [0.15, 0.2) is 0 Å². The molecule has 0 aliphatic carbocycles. The standard InChI is InChI=1S/C8H17N2O2/c11-6-5-10-3-1-9(2-4-10)7-8(10)12/h8,11-12H,1-7H2/q+1. The lowest BCUT2D eigenvalue weighted by atomic mass is 10.1. The van der Waals surface area contributed by atoms with Gasteiger partial charge in [0.15, 0.2) is 0 Å². The zero-order chi connectivity index (χ0) is 8.60. The number of nitrogens with zero attached hydrogens (tertiary/aromatic N) is 2. The molecule has 1 unspecified atom stereocenters. The summed E-state index contributed by atoms with van der Waals surface area (Å²) in [5.74, 6) is 0. The molecule has 0 amide bonds. The van der Waals surface area contributed by atoms with Gasteiger partial charge in [0.05, 0.1) is 26.2 Å². The first kappa shape index (κ1) is 8.44. The van der Waals surface area contributed by atoms with Crippen molar-refractivity contribution in [3.8, 4) is 0 Å². The van der Waals surface area contributed by atoms with Crippen LogP contribution in [-0.2, 0) is 0 Å². The van der Waals surface area contributed by atoms with Gasteiger partial charge in [-0.1, -0.05) is 0 Å². The van der Waals surface area contributed by atoms with Crippen molar-refractivity contribution in [2.75, 3.05) is 45.9 Å². The van der Waals surface area contributed by atoms with E-state index >= 15 is 0 Å². The quantitative estimate of drug-likeness (QED) is 0.497. The maximum atomic E-state index is 9.80. The van der Waals surface area contributed by atoms with Gasteiger partial charge in [0, 0.05) is 13.1 Å². The van der Waals surface area contributed by atoms with Gasteiger partial charge in [-0.15, -0.1) is 0 Å². The maximum Gasteiger partial charge on any atom is 0.203 e. The highest BCUT2D eigenvalue weighted by Crippen LogP contribution is 2.23. The van der Waals surface area contributed by atoms with Gasteiger partial charge in [-0.05, 0) is 0 Å². The van der Waals surface area contributed by atoms with Crippen molar-refractivity contribution in [2.24, 2.45) is 0 Å². The Labute approximate surface area is 72.6 Å². The van der Waals surface area contributed by atoms with Crippen molar-refractivity contribution < 1.29 is 14.7 Å². The molecule has 12 heavy (non-hydrogen) atoms. The second-order valence-electron chi connectivity index (χ2n) is 3.89. The smallest absolute Gasteiger partial charge is 0.203 e. The molecule has 0 aromatic heterocycles. The lowest BCUT2D eigenvalue weighted by Gasteiger charge is -2.53. The molecule has 3 rings (SSSR count). The van der Waals surface area contributed by atoms with Crippen LogP contribution < -0.4 is 0 Å². The molecule has 2 N–H and O–H groups in total. The fraction of sp³-hybridized carbons (Fsp3) is 1.00. The van der Waals surface area contributed by atoms with E-state index in [4.69, 9.17) is 5.11 Å². The minimum absolute atomic E-state index is 0.192. The summed E-state index contributed by atoms with van der Waals surface area (Å²) in [7, 11) is 0. The van der Waals surface area contributed by atoms with Gasteiger partial charge in [0.2, 0.25) is 6.23 Å². The first-order chi connectivity index (χ1) is 5.77. The van der Waals surface area contributed by atoms with Gasteiger partial charge in [0.1, 0.15) is 6.54 Å². The molecule has 2 bridgehead atoms. The molecule has 0 aromatic carbocycles. The number of fused-ring (bicyclic) bond motifs is 3. The number of aliphatic hydroxyl groups excluding tert-OH is 2. The van der Waals surface area contributed by atoms with Gasteiger partial charge in [-0.2, -0.15) is 0 Å². The Kier molecular flexibility index (Phi) is 2.08. The van der Waals surface area contributed by atoms with Crippen molar-refractivity contribution in [1.82, 2.24) is 4.90 Å². The summed E-state index contributed by atoms with van der Waals surface area (Å²) >= 11 is 0. The zero-order valence-corrected chi connectivity index (χ0v) is 7.32. The molecular weight excluding hydrogens is 156 g/mol. The Bertz CT molecular complexity index is 161. The van der Waals surface area contributed by atoms with Crippen LogP contribution >= 0.6 is 0 Å². The van der Waals surface area contributed by atoms with Crippen molar-refractivity contribution in [1.29, 1.82) is 0 Å². The molecule has 70 valence electrons. The van der Waals surface area contributed by atoms with E-state index < -0.39 is 0 Å². The summed E-state index contributed by atoms with van der Waals surface area (Å²) in [4.78, 5) is 2.29. The lowest BCUT2D eigenvalue weighted by Crippen LogP contribution is -2.72. The molecule has 3 heterocycles. The van der Waals surface area contributed by atoms with Crippen LogP contribution in [0.5, 0.6) is 0 Å². The van der Waals surface area contributed by atoms with Crippen LogP contribution in [0.25, 0.3) is 0 Å². The summed E-state index contributed by atoms with van der Waals surface area (Å²) in [6.07, 6.45) is -0.264. The van der Waals surface area contributed by atoms with E-state index in [1.54, 1.807) is 0 Å². The van der Waals surface area contributed by atoms with Gasteiger partial charge >= 0.3 is 0 Å². The average molecular weight is 173 g/mol. The third-order valence-electron chi connectivity index (χ3n) is 3.32. The summed E-state index contributed by atoms with van der Waals surface area (Å²) < 4.78 is 0.729. The monoisotopic (exact) mass is 173 g/mol. The number of hydrogen-bond acceptors (Lipinski definition) is 3. The average Bonchev–Trinajstić information content (AvgIpc) is 2.08. The van der Waals surface area contributed by atoms with Crippen LogP contribution in [0.1, 0.15) is 0 Å². The number of hydrogen-bond donors (Lipinski definition) is 2. The lowest BCUT2D eigenvalue weighted by molar-refractivity contribution is -0.984. The Balaban J connectivity index is 2.09. The molecule has 4 heteroatoms. The molecule has 0 saturated carbocycles. The van der Waals surface area contributed by atoms with Gasteiger partial charge in [-0.25, -0.2) is 0 Å². The second kappa shape index (κ2) is 2.96. The summed E-state index contributed by atoms with van der Waals surface area (Å²) in [6.45, 7) is 5.86. The topological polar surface area (TPSA) is 43.7 Å². The van der Waals surface area contributed by atoms with E-state index in [2.05, 4.69) is 4.90 Å². The SMILES string of the molecule is OCC[N+]12CCN(CC1)CC2O. The van der Waals surface area contributed by atoms with Crippen LogP contribution in [0.2, 0.25) is 0 Å². The molecule has 3 saturated heterocycles. The number of aliphatic hydroxyl groups is 2. The zero-order valence-electron chi connectivity index (χ0n) is 7.32. The minimum Gasteiger partial charge on any atom is -0.391 e. The Morgan fingerprint density at radius 1 is 1.33 bits per heavy atom. The van der Waals surface area contributed by atoms with Gasteiger partial charge < -0.3 is 10.2 Å². The number of quaternary nitrogens is 1. The number of rotatable bonds is 2. The van der Waals surface area contributed by atoms with Crippen molar-refractivity contribution in [2.45, 2.75) is 6.23 Å². The fourth-order valence-corrected chi connectivity index (χ4v) is 2.36. The van der Waals surface area contributed by atoms with E-state index in [0.717, 1.165) is 43.8 Å². The molecule has 1 atom stereocenters. The first-order valence-corrected chi connectivity index (χ1v) is 4.64. The summed E-state index contributed by atoms with van der Waals surface area (Å²) in [6, 6.07) is 0. The highest BCUT2D eigenvalue weighted by atomic mass is 16.3. The molecular formula is C8H17N2O2+. The third-order valence-corrected chi connectivity index (χ3v) is 3.32. The van der Waals surface area contributed by atoms with Crippen LogP contribution in [0.3, 0.4) is 0 Å². The van der Waals surface area contributed by atoms with Crippen molar-refractivity contribution in [3.63, 3.8) is 0 Å². The molecule has 3 fully saturated rings. The molecule has 3 aliphatic rings. The van der Waals surface area contributed by atoms with E-state index in [1.807, 2.05) is 0 Å². The molecule has 0 radical (unpaired) electrons. The molecule has 0 aromatic rings.